The molecule has 4 rings (SSSR count). The Balaban J connectivity index is 1.77. The summed E-state index contributed by atoms with van der Waals surface area (Å²) in [6, 6.07) is 18.6. The van der Waals surface area contributed by atoms with Crippen molar-refractivity contribution in [2.45, 2.75) is 6.92 Å². The Kier molecular flexibility index (Phi) is 3.67. The number of H-pyrrole nitrogens is 1. The molecule has 0 unspecified atom stereocenters. The zero-order valence-electron chi connectivity index (χ0n) is 13.4. The topological polar surface area (TPSA) is 41.6 Å². The fourth-order valence-electron chi connectivity index (χ4n) is 2.83. The van der Waals surface area contributed by atoms with E-state index in [0.717, 1.165) is 33.3 Å². The van der Waals surface area contributed by atoms with Gasteiger partial charge in [-0.25, -0.2) is 0 Å². The van der Waals surface area contributed by atoms with Crippen LogP contribution in [0.25, 0.3) is 34.2 Å². The van der Waals surface area contributed by atoms with Gasteiger partial charge >= 0.3 is 0 Å². The Morgan fingerprint density at radius 3 is 2.67 bits per heavy atom. The van der Waals surface area contributed by atoms with Crippen LogP contribution < -0.4 is 0 Å². The van der Waals surface area contributed by atoms with E-state index in [2.05, 4.69) is 58.5 Å². The second-order valence-electron chi connectivity index (χ2n) is 5.80. The van der Waals surface area contributed by atoms with E-state index in [1.807, 2.05) is 42.7 Å². The van der Waals surface area contributed by atoms with Crippen LogP contribution in [0.1, 0.15) is 16.8 Å². The van der Waals surface area contributed by atoms with Gasteiger partial charge in [-0.05, 0) is 47.9 Å². The van der Waals surface area contributed by atoms with Gasteiger partial charge < -0.3 is 0 Å². The van der Waals surface area contributed by atoms with E-state index < -0.39 is 0 Å². The first-order chi connectivity index (χ1) is 11.8. The normalized spacial score (nSPS) is 11.4. The highest BCUT2D eigenvalue weighted by Gasteiger charge is 2.07. The third-order valence-corrected chi connectivity index (χ3v) is 4.18. The molecule has 3 heteroatoms. The van der Waals surface area contributed by atoms with Gasteiger partial charge in [-0.3, -0.25) is 10.1 Å². The molecule has 0 radical (unpaired) electrons. The lowest BCUT2D eigenvalue weighted by molar-refractivity contribution is 1.11. The Hall–Kier alpha value is -3.20. The molecule has 0 aliphatic carbocycles. The summed E-state index contributed by atoms with van der Waals surface area (Å²) in [7, 11) is 0. The number of benzene rings is 2. The third kappa shape index (κ3) is 2.72. The van der Waals surface area contributed by atoms with Crippen molar-refractivity contribution in [3.63, 3.8) is 0 Å². The standard InChI is InChI=1S/C21H17N3/c1-15-11-12-22-14-19(15)17-8-10-21-18(13-17)20(23-24-21)9-7-16-5-3-2-4-6-16/h2-14H,1H3,(H,23,24). The van der Waals surface area contributed by atoms with Gasteiger partial charge in [0.25, 0.3) is 0 Å². The Bertz CT molecular complexity index is 1010. The van der Waals surface area contributed by atoms with E-state index in [0.29, 0.717) is 0 Å². The second kappa shape index (κ2) is 6.13. The summed E-state index contributed by atoms with van der Waals surface area (Å²) < 4.78 is 0. The molecule has 0 atom stereocenters. The van der Waals surface area contributed by atoms with Crippen LogP contribution in [0.3, 0.4) is 0 Å². The molecule has 0 bridgehead atoms. The molecule has 2 aromatic heterocycles. The van der Waals surface area contributed by atoms with Gasteiger partial charge in [0, 0.05) is 23.3 Å². The summed E-state index contributed by atoms with van der Waals surface area (Å²) in [6.07, 6.45) is 7.87. The quantitative estimate of drug-likeness (QED) is 0.571. The van der Waals surface area contributed by atoms with Crippen molar-refractivity contribution >= 4 is 23.1 Å². The Morgan fingerprint density at radius 1 is 0.958 bits per heavy atom. The van der Waals surface area contributed by atoms with Gasteiger partial charge in [-0.15, -0.1) is 0 Å². The molecular weight excluding hydrogens is 294 g/mol. The number of fused-ring (bicyclic) bond motifs is 1. The molecule has 2 aromatic carbocycles. The molecule has 116 valence electrons. The molecular formula is C21H17N3. The molecule has 1 N–H and O–H groups in total. The van der Waals surface area contributed by atoms with Crippen molar-refractivity contribution in [2.24, 2.45) is 0 Å². The zero-order chi connectivity index (χ0) is 16.4. The van der Waals surface area contributed by atoms with Gasteiger partial charge in [0.2, 0.25) is 0 Å². The molecule has 0 saturated heterocycles. The SMILES string of the molecule is Cc1ccncc1-c1ccc2[nH]nc(C=Cc3ccccc3)c2c1. The maximum absolute atomic E-state index is 4.44. The first kappa shape index (κ1) is 14.4. The van der Waals surface area contributed by atoms with Gasteiger partial charge in [-0.2, -0.15) is 5.10 Å². The van der Waals surface area contributed by atoms with Crippen LogP contribution in [-0.2, 0) is 0 Å². The van der Waals surface area contributed by atoms with E-state index in [9.17, 15) is 0 Å². The first-order valence-corrected chi connectivity index (χ1v) is 7.93. The molecule has 24 heavy (non-hydrogen) atoms. The highest BCUT2D eigenvalue weighted by molar-refractivity contribution is 5.92. The molecule has 0 aliphatic heterocycles. The first-order valence-electron chi connectivity index (χ1n) is 7.93. The van der Waals surface area contributed by atoms with Crippen molar-refractivity contribution in [2.75, 3.05) is 0 Å². The number of aromatic amines is 1. The number of nitrogens with one attached hydrogen (secondary N) is 1. The van der Waals surface area contributed by atoms with E-state index in [1.54, 1.807) is 0 Å². The lowest BCUT2D eigenvalue weighted by Gasteiger charge is -2.05. The fourth-order valence-corrected chi connectivity index (χ4v) is 2.83. The maximum atomic E-state index is 4.44. The minimum Gasteiger partial charge on any atom is -0.277 e. The van der Waals surface area contributed by atoms with Crippen LogP contribution in [-0.4, -0.2) is 15.2 Å². The van der Waals surface area contributed by atoms with Crippen molar-refractivity contribution < 1.29 is 0 Å². The number of hydrogen-bond acceptors (Lipinski definition) is 2. The van der Waals surface area contributed by atoms with Gasteiger partial charge in [-0.1, -0.05) is 42.5 Å². The van der Waals surface area contributed by atoms with Crippen LogP contribution in [0.15, 0.2) is 67.0 Å². The minimum absolute atomic E-state index is 0.942. The monoisotopic (exact) mass is 311 g/mol. The van der Waals surface area contributed by atoms with E-state index in [4.69, 9.17) is 0 Å². The number of pyridine rings is 1. The van der Waals surface area contributed by atoms with Crippen LogP contribution in [0.5, 0.6) is 0 Å². The number of aromatic nitrogens is 3. The summed E-state index contributed by atoms with van der Waals surface area (Å²) >= 11 is 0. The van der Waals surface area contributed by atoms with Gasteiger partial charge in [0.1, 0.15) is 0 Å². The fraction of sp³-hybridized carbons (Fsp3) is 0.0476. The van der Waals surface area contributed by atoms with Crippen LogP contribution in [0.2, 0.25) is 0 Å². The number of nitrogens with zero attached hydrogens (tertiary/aromatic N) is 2. The van der Waals surface area contributed by atoms with Crippen LogP contribution >= 0.6 is 0 Å². The smallest absolute Gasteiger partial charge is 0.0927 e. The molecule has 0 amide bonds. The number of aryl methyl sites for hydroxylation is 1. The molecule has 2 heterocycles. The lowest BCUT2D eigenvalue weighted by Crippen LogP contribution is -1.84. The van der Waals surface area contributed by atoms with Crippen molar-refractivity contribution in [3.05, 3.63) is 83.8 Å². The predicted molar refractivity (Wildman–Crippen MR) is 99.4 cm³/mol. The van der Waals surface area contributed by atoms with Crippen LogP contribution in [0.4, 0.5) is 0 Å². The van der Waals surface area contributed by atoms with Gasteiger partial charge in [0.05, 0.1) is 11.2 Å². The highest BCUT2D eigenvalue weighted by atomic mass is 15.1. The molecule has 0 spiro atoms. The van der Waals surface area contributed by atoms with Crippen molar-refractivity contribution in [3.8, 4) is 11.1 Å². The summed E-state index contributed by atoms with van der Waals surface area (Å²) in [5.74, 6) is 0. The van der Waals surface area contributed by atoms with E-state index >= 15 is 0 Å². The molecule has 4 aromatic rings. The average molecular weight is 311 g/mol. The number of rotatable bonds is 3. The summed E-state index contributed by atoms with van der Waals surface area (Å²) in [5.41, 5.74) is 6.66. The third-order valence-electron chi connectivity index (χ3n) is 4.18. The Labute approximate surface area is 140 Å². The molecule has 0 saturated carbocycles. The van der Waals surface area contributed by atoms with Gasteiger partial charge in [0.15, 0.2) is 0 Å². The summed E-state index contributed by atoms with van der Waals surface area (Å²) in [4.78, 5) is 4.25. The van der Waals surface area contributed by atoms with E-state index in [-0.39, 0.29) is 0 Å². The molecule has 0 aliphatic rings. The molecule has 3 nitrogen and oxygen atoms in total. The highest BCUT2D eigenvalue weighted by Crippen LogP contribution is 2.27. The minimum atomic E-state index is 0.942. The zero-order valence-corrected chi connectivity index (χ0v) is 13.4. The van der Waals surface area contributed by atoms with Crippen molar-refractivity contribution in [1.29, 1.82) is 0 Å². The van der Waals surface area contributed by atoms with E-state index in [1.165, 1.54) is 5.56 Å². The number of hydrogen-bond donors (Lipinski definition) is 1. The van der Waals surface area contributed by atoms with Crippen molar-refractivity contribution in [1.82, 2.24) is 15.2 Å². The largest absolute Gasteiger partial charge is 0.277 e. The van der Waals surface area contributed by atoms with Crippen LogP contribution in [0, 0.1) is 6.92 Å². The summed E-state index contributed by atoms with van der Waals surface area (Å²) in [5, 5.41) is 8.65. The average Bonchev–Trinajstić information content (AvgIpc) is 3.03. The molecule has 0 fully saturated rings. The Morgan fingerprint density at radius 2 is 1.83 bits per heavy atom. The maximum Gasteiger partial charge on any atom is 0.0927 e. The summed E-state index contributed by atoms with van der Waals surface area (Å²) in [6.45, 7) is 2.10. The second-order valence-corrected chi connectivity index (χ2v) is 5.80. The predicted octanol–water partition coefficient (Wildman–Crippen LogP) is 5.10. The lowest BCUT2D eigenvalue weighted by atomic mass is 10.0.